The van der Waals surface area contributed by atoms with Crippen LogP contribution in [-0.2, 0) is 6.54 Å². The van der Waals surface area contributed by atoms with E-state index in [1.165, 1.54) is 6.07 Å². The van der Waals surface area contributed by atoms with Gasteiger partial charge in [-0.05, 0) is 18.6 Å². The summed E-state index contributed by atoms with van der Waals surface area (Å²) in [6, 6.07) is 1.49. The highest BCUT2D eigenvalue weighted by Crippen LogP contribution is 2.19. The van der Waals surface area contributed by atoms with Crippen molar-refractivity contribution in [1.82, 2.24) is 4.98 Å². The molecule has 0 aliphatic rings. The van der Waals surface area contributed by atoms with E-state index in [1.54, 1.807) is 13.1 Å². The first kappa shape index (κ1) is 9.85. The Bertz CT molecular complexity index is 291. The number of ether oxygens (including phenoxy) is 1. The fourth-order valence-corrected chi connectivity index (χ4v) is 0.922. The van der Waals surface area contributed by atoms with Crippen LogP contribution in [0.2, 0.25) is 0 Å². The van der Waals surface area contributed by atoms with E-state index in [4.69, 9.17) is 5.73 Å². The molecule has 0 aromatic carbocycles. The Morgan fingerprint density at radius 2 is 2.31 bits per heavy atom. The summed E-state index contributed by atoms with van der Waals surface area (Å²) in [5, 5.41) is 0. The molecule has 0 saturated heterocycles. The summed E-state index contributed by atoms with van der Waals surface area (Å²) in [7, 11) is 0. The lowest BCUT2D eigenvalue weighted by Crippen LogP contribution is -2.08. The average Bonchev–Trinajstić information content (AvgIpc) is 2.03. The molecule has 0 atom stereocenters. The summed E-state index contributed by atoms with van der Waals surface area (Å²) in [5.74, 6) is 0.0532. The SMILES string of the molecule is Cc1cnc(CN)c(OC(F)F)c1. The van der Waals surface area contributed by atoms with Crippen LogP contribution in [0, 0.1) is 6.92 Å². The number of alkyl halides is 2. The van der Waals surface area contributed by atoms with Crippen molar-refractivity contribution in [2.75, 3.05) is 0 Å². The lowest BCUT2D eigenvalue weighted by Gasteiger charge is -2.08. The minimum Gasteiger partial charge on any atom is -0.433 e. The number of rotatable bonds is 3. The maximum absolute atomic E-state index is 11.9. The predicted molar refractivity (Wildman–Crippen MR) is 43.5 cm³/mol. The molecule has 0 fully saturated rings. The van der Waals surface area contributed by atoms with Gasteiger partial charge in [0.2, 0.25) is 0 Å². The Kier molecular flexibility index (Phi) is 3.13. The largest absolute Gasteiger partial charge is 0.433 e. The molecule has 1 aromatic rings. The number of hydrogen-bond donors (Lipinski definition) is 1. The van der Waals surface area contributed by atoms with Crippen LogP contribution < -0.4 is 10.5 Å². The zero-order valence-electron chi connectivity index (χ0n) is 7.13. The molecule has 0 unspecified atom stereocenters. The molecule has 0 bridgehead atoms. The second kappa shape index (κ2) is 4.13. The standard InChI is InChI=1S/C8H10F2N2O/c1-5-2-7(13-8(9)10)6(3-11)12-4-5/h2,4,8H,3,11H2,1H3. The zero-order chi connectivity index (χ0) is 9.84. The summed E-state index contributed by atoms with van der Waals surface area (Å²) in [4.78, 5) is 3.87. The third kappa shape index (κ3) is 2.62. The van der Waals surface area contributed by atoms with E-state index in [0.717, 1.165) is 5.56 Å². The first-order chi connectivity index (χ1) is 6.13. The Hall–Kier alpha value is -1.23. The smallest absolute Gasteiger partial charge is 0.387 e. The van der Waals surface area contributed by atoms with Gasteiger partial charge in [0.15, 0.2) is 0 Å². The molecule has 1 aromatic heterocycles. The molecule has 0 aliphatic carbocycles. The summed E-state index contributed by atoms with van der Waals surface area (Å²) >= 11 is 0. The average molecular weight is 188 g/mol. The number of aromatic nitrogens is 1. The normalized spacial score (nSPS) is 10.5. The van der Waals surface area contributed by atoms with E-state index in [-0.39, 0.29) is 12.3 Å². The van der Waals surface area contributed by atoms with Gasteiger partial charge in [-0.3, -0.25) is 4.98 Å². The van der Waals surface area contributed by atoms with Gasteiger partial charge in [0.25, 0.3) is 0 Å². The second-order valence-corrected chi connectivity index (χ2v) is 2.54. The highest BCUT2D eigenvalue weighted by molar-refractivity contribution is 5.30. The van der Waals surface area contributed by atoms with Crippen LogP contribution in [0.5, 0.6) is 5.75 Å². The van der Waals surface area contributed by atoms with Crippen molar-refractivity contribution in [3.8, 4) is 5.75 Å². The fraction of sp³-hybridized carbons (Fsp3) is 0.375. The molecular weight excluding hydrogens is 178 g/mol. The first-order valence-corrected chi connectivity index (χ1v) is 3.74. The number of pyridine rings is 1. The van der Waals surface area contributed by atoms with E-state index >= 15 is 0 Å². The van der Waals surface area contributed by atoms with E-state index < -0.39 is 6.61 Å². The highest BCUT2D eigenvalue weighted by Gasteiger charge is 2.09. The molecule has 5 heteroatoms. The number of nitrogens with zero attached hydrogens (tertiary/aromatic N) is 1. The molecular formula is C8H10F2N2O. The summed E-state index contributed by atoms with van der Waals surface area (Å²) in [5.41, 5.74) is 6.39. The van der Waals surface area contributed by atoms with E-state index in [9.17, 15) is 8.78 Å². The Morgan fingerprint density at radius 1 is 1.62 bits per heavy atom. The maximum Gasteiger partial charge on any atom is 0.387 e. The zero-order valence-corrected chi connectivity index (χ0v) is 7.13. The van der Waals surface area contributed by atoms with Gasteiger partial charge in [0.1, 0.15) is 5.75 Å². The van der Waals surface area contributed by atoms with Crippen LogP contribution in [-0.4, -0.2) is 11.6 Å². The van der Waals surface area contributed by atoms with Crippen LogP contribution in [0.25, 0.3) is 0 Å². The number of aryl methyl sites for hydroxylation is 1. The molecule has 0 amide bonds. The summed E-state index contributed by atoms with van der Waals surface area (Å²) in [6.45, 7) is -1.01. The Morgan fingerprint density at radius 3 is 2.85 bits per heavy atom. The lowest BCUT2D eigenvalue weighted by atomic mass is 10.2. The van der Waals surface area contributed by atoms with Crippen molar-refractivity contribution in [3.63, 3.8) is 0 Å². The van der Waals surface area contributed by atoms with Crippen molar-refractivity contribution >= 4 is 0 Å². The second-order valence-electron chi connectivity index (χ2n) is 2.54. The Labute approximate surface area is 74.5 Å². The van der Waals surface area contributed by atoms with Crippen LogP contribution in [0.1, 0.15) is 11.3 Å². The monoisotopic (exact) mass is 188 g/mol. The van der Waals surface area contributed by atoms with E-state index in [0.29, 0.717) is 5.69 Å². The van der Waals surface area contributed by atoms with Gasteiger partial charge < -0.3 is 10.5 Å². The molecule has 72 valence electrons. The lowest BCUT2D eigenvalue weighted by molar-refractivity contribution is -0.0507. The highest BCUT2D eigenvalue weighted by atomic mass is 19.3. The minimum atomic E-state index is -2.84. The van der Waals surface area contributed by atoms with Gasteiger partial charge in [0.05, 0.1) is 5.69 Å². The summed E-state index contributed by atoms with van der Waals surface area (Å²) < 4.78 is 28.0. The molecule has 3 nitrogen and oxygen atoms in total. The molecule has 0 radical (unpaired) electrons. The van der Waals surface area contributed by atoms with Crippen LogP contribution in [0.3, 0.4) is 0 Å². The number of nitrogens with two attached hydrogens (primary N) is 1. The Balaban J connectivity index is 2.94. The van der Waals surface area contributed by atoms with Gasteiger partial charge in [0, 0.05) is 12.7 Å². The van der Waals surface area contributed by atoms with Crippen LogP contribution in [0.15, 0.2) is 12.3 Å². The first-order valence-electron chi connectivity index (χ1n) is 3.74. The third-order valence-electron chi connectivity index (χ3n) is 1.48. The molecule has 0 spiro atoms. The van der Waals surface area contributed by atoms with Crippen LogP contribution >= 0.6 is 0 Å². The van der Waals surface area contributed by atoms with Crippen molar-refractivity contribution in [3.05, 3.63) is 23.5 Å². The molecule has 0 saturated carbocycles. The van der Waals surface area contributed by atoms with Crippen LogP contribution in [0.4, 0.5) is 8.78 Å². The predicted octanol–water partition coefficient (Wildman–Crippen LogP) is 1.45. The molecule has 1 heterocycles. The van der Waals surface area contributed by atoms with E-state index in [2.05, 4.69) is 9.72 Å². The van der Waals surface area contributed by atoms with Gasteiger partial charge in [-0.25, -0.2) is 0 Å². The molecule has 13 heavy (non-hydrogen) atoms. The quantitative estimate of drug-likeness (QED) is 0.780. The minimum absolute atomic E-state index is 0.0532. The van der Waals surface area contributed by atoms with Gasteiger partial charge in [-0.2, -0.15) is 8.78 Å². The van der Waals surface area contributed by atoms with Gasteiger partial charge in [-0.15, -0.1) is 0 Å². The third-order valence-corrected chi connectivity index (χ3v) is 1.48. The summed E-state index contributed by atoms with van der Waals surface area (Å²) in [6.07, 6.45) is 1.56. The molecule has 1 rings (SSSR count). The molecule has 0 aliphatic heterocycles. The van der Waals surface area contributed by atoms with Crippen molar-refractivity contribution < 1.29 is 13.5 Å². The van der Waals surface area contributed by atoms with E-state index in [1.807, 2.05) is 0 Å². The van der Waals surface area contributed by atoms with Gasteiger partial charge >= 0.3 is 6.61 Å². The maximum atomic E-state index is 11.9. The topological polar surface area (TPSA) is 48.1 Å². The van der Waals surface area contributed by atoms with Gasteiger partial charge in [-0.1, -0.05) is 0 Å². The molecule has 2 N–H and O–H groups in total. The van der Waals surface area contributed by atoms with Crippen molar-refractivity contribution in [2.45, 2.75) is 20.1 Å². The fourth-order valence-electron chi connectivity index (χ4n) is 0.922. The number of halogens is 2. The van der Waals surface area contributed by atoms with Crippen molar-refractivity contribution in [2.24, 2.45) is 5.73 Å². The van der Waals surface area contributed by atoms with Crippen molar-refractivity contribution in [1.29, 1.82) is 0 Å². The number of hydrogen-bond acceptors (Lipinski definition) is 3.